The Balaban J connectivity index is 1.27. The number of aromatic nitrogens is 8. The molecule has 10 heteroatoms. The van der Waals surface area contributed by atoms with E-state index in [0.717, 1.165) is 57.6 Å². The molecular weight excluding hydrogens is 612 g/mol. The zero-order chi connectivity index (χ0) is 32.8. The predicted octanol–water partition coefficient (Wildman–Crippen LogP) is 7.93. The fraction of sp³-hybridized carbons (Fsp3) is 0.231. The van der Waals surface area contributed by atoms with Crippen LogP contribution in [0.3, 0.4) is 0 Å². The number of fused-ring (bicyclic) bond motifs is 1. The van der Waals surface area contributed by atoms with Crippen molar-refractivity contribution in [3.05, 3.63) is 132 Å². The Morgan fingerprint density at radius 1 is 0.633 bits per heavy atom. The number of rotatable bonds is 11. The van der Waals surface area contributed by atoms with Crippen molar-refractivity contribution in [2.75, 3.05) is 0 Å². The van der Waals surface area contributed by atoms with Gasteiger partial charge in [-0.15, -0.1) is 20.4 Å². The number of benzene rings is 4. The van der Waals surface area contributed by atoms with Crippen molar-refractivity contribution in [1.29, 1.82) is 0 Å². The van der Waals surface area contributed by atoms with Gasteiger partial charge in [0.15, 0.2) is 5.52 Å². The Labute approximate surface area is 284 Å². The molecule has 1 saturated carbocycles. The predicted molar refractivity (Wildman–Crippen MR) is 187 cm³/mol. The Morgan fingerprint density at radius 3 is 1.94 bits per heavy atom. The summed E-state index contributed by atoms with van der Waals surface area (Å²) in [4.78, 5) is 5.34. The third-order valence-electron chi connectivity index (χ3n) is 9.19. The van der Waals surface area contributed by atoms with E-state index in [1.165, 1.54) is 19.3 Å². The van der Waals surface area contributed by atoms with Crippen molar-refractivity contribution in [3.8, 4) is 34.3 Å². The van der Waals surface area contributed by atoms with Crippen LogP contribution in [0.2, 0.25) is 0 Å². The first kappa shape index (κ1) is 30.4. The molecular formula is C39H36N8O2. The van der Waals surface area contributed by atoms with Crippen molar-refractivity contribution in [2.45, 2.75) is 57.8 Å². The van der Waals surface area contributed by atoms with E-state index in [0.29, 0.717) is 48.8 Å². The Hall–Kier alpha value is -5.90. The second kappa shape index (κ2) is 14.1. The highest BCUT2D eigenvalue weighted by Crippen LogP contribution is 2.40. The lowest BCUT2D eigenvalue weighted by Crippen LogP contribution is -2.14. The lowest BCUT2D eigenvalue weighted by molar-refractivity contribution is 0.277. The fourth-order valence-corrected chi connectivity index (χ4v) is 6.78. The molecule has 0 atom stereocenters. The molecule has 49 heavy (non-hydrogen) atoms. The molecule has 1 fully saturated rings. The van der Waals surface area contributed by atoms with Crippen LogP contribution in [0.5, 0.6) is 11.8 Å². The van der Waals surface area contributed by atoms with Crippen LogP contribution < -0.4 is 9.47 Å². The third-order valence-corrected chi connectivity index (χ3v) is 9.19. The average molecular weight is 649 g/mol. The maximum atomic E-state index is 6.47. The minimum atomic E-state index is 0.295. The van der Waals surface area contributed by atoms with Gasteiger partial charge in [0.2, 0.25) is 5.82 Å². The van der Waals surface area contributed by atoms with Crippen molar-refractivity contribution >= 4 is 11.0 Å². The molecule has 7 aromatic rings. The van der Waals surface area contributed by atoms with Gasteiger partial charge < -0.3 is 14.0 Å². The van der Waals surface area contributed by atoms with E-state index >= 15 is 0 Å². The van der Waals surface area contributed by atoms with E-state index in [-0.39, 0.29) is 0 Å². The molecule has 0 amide bonds. The van der Waals surface area contributed by atoms with Crippen LogP contribution in [0, 0.1) is 0 Å². The minimum absolute atomic E-state index is 0.295. The Morgan fingerprint density at radius 2 is 1.24 bits per heavy atom. The summed E-state index contributed by atoms with van der Waals surface area (Å²) in [6, 6.07) is 36.8. The highest BCUT2D eigenvalue weighted by atomic mass is 16.5. The first-order valence-corrected chi connectivity index (χ1v) is 16.8. The fourth-order valence-electron chi connectivity index (χ4n) is 6.78. The molecule has 3 heterocycles. The lowest BCUT2D eigenvalue weighted by atomic mass is 9.88. The zero-order valence-corrected chi connectivity index (χ0v) is 27.1. The molecule has 0 bridgehead atoms. The first-order valence-electron chi connectivity index (χ1n) is 16.8. The van der Waals surface area contributed by atoms with Gasteiger partial charge in [-0.25, -0.2) is 4.98 Å². The summed E-state index contributed by atoms with van der Waals surface area (Å²) in [7, 11) is 0. The summed E-state index contributed by atoms with van der Waals surface area (Å²) in [5.41, 5.74) is 7.67. The number of ether oxygens (including phenoxy) is 2. The molecule has 8 rings (SSSR count). The molecule has 1 N–H and O–H groups in total. The van der Waals surface area contributed by atoms with E-state index in [1.807, 2.05) is 78.9 Å². The van der Waals surface area contributed by atoms with Gasteiger partial charge in [-0.1, -0.05) is 128 Å². The van der Waals surface area contributed by atoms with Crippen LogP contribution in [-0.4, -0.2) is 40.4 Å². The highest BCUT2D eigenvalue weighted by Gasteiger charge is 2.28. The van der Waals surface area contributed by atoms with Crippen LogP contribution in [0.1, 0.15) is 60.5 Å². The monoisotopic (exact) mass is 648 g/mol. The van der Waals surface area contributed by atoms with Crippen molar-refractivity contribution < 1.29 is 9.47 Å². The Kier molecular flexibility index (Phi) is 8.74. The highest BCUT2D eigenvalue weighted by molar-refractivity contribution is 5.86. The molecule has 0 aliphatic heterocycles. The van der Waals surface area contributed by atoms with Gasteiger partial charge in [0, 0.05) is 11.5 Å². The molecule has 0 unspecified atom stereocenters. The number of H-pyrrole nitrogens is 1. The van der Waals surface area contributed by atoms with Crippen LogP contribution in [0.25, 0.3) is 33.5 Å². The lowest BCUT2D eigenvalue weighted by Gasteiger charge is -2.23. The number of nitrogens with zero attached hydrogens (tertiary/aromatic N) is 7. The first-order chi connectivity index (χ1) is 24.3. The summed E-state index contributed by atoms with van der Waals surface area (Å²) in [5.74, 6) is 2.69. The molecule has 1 aliphatic carbocycles. The van der Waals surface area contributed by atoms with E-state index in [2.05, 4.69) is 65.7 Å². The summed E-state index contributed by atoms with van der Waals surface area (Å²) in [6.07, 6.45) is 5.74. The summed E-state index contributed by atoms with van der Waals surface area (Å²) in [6.45, 7) is 1.26. The quantitative estimate of drug-likeness (QED) is 0.150. The van der Waals surface area contributed by atoms with E-state index in [1.54, 1.807) is 0 Å². The van der Waals surface area contributed by atoms with Gasteiger partial charge in [-0.05, 0) is 45.9 Å². The maximum absolute atomic E-state index is 6.47. The van der Waals surface area contributed by atoms with Gasteiger partial charge >= 0.3 is 0 Å². The Bertz CT molecular complexity index is 2140. The van der Waals surface area contributed by atoms with Crippen LogP contribution in [-0.2, 0) is 19.8 Å². The second-order valence-electron chi connectivity index (χ2n) is 12.4. The number of imidazole rings is 1. The summed E-state index contributed by atoms with van der Waals surface area (Å²) in [5, 5.41) is 24.2. The maximum Gasteiger partial charge on any atom is 0.262 e. The number of nitrogens with one attached hydrogen (secondary N) is 1. The van der Waals surface area contributed by atoms with Crippen LogP contribution in [0.4, 0.5) is 0 Å². The average Bonchev–Trinajstić information content (AvgIpc) is 3.84. The largest absolute Gasteiger partial charge is 0.470 e. The number of tetrazole rings is 1. The topological polar surface area (TPSA) is 117 Å². The summed E-state index contributed by atoms with van der Waals surface area (Å²) < 4.78 is 15.1. The normalized spacial score (nSPS) is 13.5. The van der Waals surface area contributed by atoms with E-state index < -0.39 is 0 Å². The SMILES string of the molecule is c1ccc(COc2nnc(OCc3ccccc3)c3c2nc(C2CCCCC2)n3Cc2ccccc2-c2ccccc2-c2nn[nH]n2)cc1. The third kappa shape index (κ3) is 6.49. The smallest absolute Gasteiger partial charge is 0.262 e. The molecule has 244 valence electrons. The van der Waals surface area contributed by atoms with E-state index in [4.69, 9.17) is 14.5 Å². The van der Waals surface area contributed by atoms with Crippen LogP contribution in [0.15, 0.2) is 109 Å². The van der Waals surface area contributed by atoms with Crippen molar-refractivity contribution in [2.24, 2.45) is 0 Å². The number of hydrogen-bond donors (Lipinski definition) is 1. The van der Waals surface area contributed by atoms with Gasteiger partial charge in [0.25, 0.3) is 11.8 Å². The zero-order valence-electron chi connectivity index (χ0n) is 27.1. The van der Waals surface area contributed by atoms with Crippen molar-refractivity contribution in [1.82, 2.24) is 40.4 Å². The molecule has 0 spiro atoms. The molecule has 1 aliphatic rings. The van der Waals surface area contributed by atoms with Crippen molar-refractivity contribution in [3.63, 3.8) is 0 Å². The van der Waals surface area contributed by atoms with Crippen LogP contribution >= 0.6 is 0 Å². The molecule has 3 aromatic heterocycles. The second-order valence-corrected chi connectivity index (χ2v) is 12.4. The van der Waals surface area contributed by atoms with Gasteiger partial charge in [-0.3, -0.25) is 0 Å². The number of hydrogen-bond acceptors (Lipinski definition) is 8. The van der Waals surface area contributed by atoms with Gasteiger partial charge in [-0.2, -0.15) is 5.21 Å². The standard InChI is InChI=1S/C39H36N8O2/c1-4-14-27(15-5-1)25-48-38-34-35(39(44-43-38)49-26-28-16-6-2-7-17-28)47(37(40-34)29-18-8-3-9-19-29)24-30-20-10-11-21-31(30)32-22-12-13-23-33(32)36-41-45-46-42-36/h1-2,4-7,10-17,20-23,29H,3,8-9,18-19,24-26H2,(H,41,42,45,46). The molecule has 0 radical (unpaired) electrons. The minimum Gasteiger partial charge on any atom is -0.470 e. The molecule has 0 saturated heterocycles. The van der Waals surface area contributed by atoms with Gasteiger partial charge in [0.05, 0.1) is 6.54 Å². The molecule has 4 aromatic carbocycles. The molecule has 10 nitrogen and oxygen atoms in total. The number of aromatic amines is 1. The summed E-state index contributed by atoms with van der Waals surface area (Å²) >= 11 is 0. The van der Waals surface area contributed by atoms with Gasteiger partial charge in [0.1, 0.15) is 24.6 Å². The van der Waals surface area contributed by atoms with E-state index in [9.17, 15) is 0 Å².